The second kappa shape index (κ2) is 14.2. The lowest BCUT2D eigenvalue weighted by Crippen LogP contribution is -2.38. The van der Waals surface area contributed by atoms with Crippen LogP contribution in [0.2, 0.25) is 24.2 Å². The fraction of sp³-hybridized carbons (Fsp3) is 0.714. The zero-order chi connectivity index (χ0) is 34.2. The van der Waals surface area contributed by atoms with E-state index in [1.807, 2.05) is 0 Å². The molecule has 46 heavy (non-hydrogen) atoms. The second-order valence-electron chi connectivity index (χ2n) is 13.5. The quantitative estimate of drug-likeness (QED) is 0.185. The highest BCUT2D eigenvalue weighted by Gasteiger charge is 2.43. The van der Waals surface area contributed by atoms with E-state index in [-0.39, 0.29) is 31.1 Å². The third-order valence-corrected chi connectivity index (χ3v) is 17.0. The van der Waals surface area contributed by atoms with Crippen molar-refractivity contribution >= 4 is 26.6 Å². The van der Waals surface area contributed by atoms with Crippen LogP contribution in [-0.2, 0) is 34.9 Å². The van der Waals surface area contributed by atoms with E-state index < -0.39 is 80.8 Å². The third kappa shape index (κ3) is 8.32. The molecule has 15 nitrogen and oxygen atoms in total. The highest BCUT2D eigenvalue weighted by molar-refractivity contribution is 8.07. The van der Waals surface area contributed by atoms with E-state index in [0.717, 1.165) is 6.04 Å². The topological polar surface area (TPSA) is 196 Å². The molecule has 1 unspecified atom stereocenters. The Morgan fingerprint density at radius 1 is 0.957 bits per heavy atom. The summed E-state index contributed by atoms with van der Waals surface area (Å²) in [6, 6.07) is 0.750. The van der Waals surface area contributed by atoms with E-state index in [1.54, 1.807) is 13.8 Å². The summed E-state index contributed by atoms with van der Waals surface area (Å²) in [6.07, 6.45) is -2.44. The summed E-state index contributed by atoms with van der Waals surface area (Å²) in [6.45, 7) is 10.2. The summed E-state index contributed by atoms with van der Waals surface area (Å²) in [5.74, 6) is 0. The van der Waals surface area contributed by atoms with E-state index >= 15 is 0 Å². The number of aliphatic hydroxyl groups is 2. The van der Waals surface area contributed by atoms with Crippen molar-refractivity contribution in [2.75, 3.05) is 19.8 Å². The predicted octanol–water partition coefficient (Wildman–Crippen LogP) is 1.78. The van der Waals surface area contributed by atoms with Gasteiger partial charge in [-0.15, -0.1) is 0 Å². The molecule has 2 aromatic heterocycles. The summed E-state index contributed by atoms with van der Waals surface area (Å²) in [5.41, 5.74) is -1.73. The Labute approximate surface area is 272 Å². The molecule has 0 amide bonds. The van der Waals surface area contributed by atoms with Crippen LogP contribution in [0.25, 0.3) is 0 Å². The third-order valence-electron chi connectivity index (χ3n) is 9.15. The number of rotatable bonds is 12. The van der Waals surface area contributed by atoms with Crippen molar-refractivity contribution < 1.29 is 33.3 Å². The number of hydrogen-bond donors (Lipinski definition) is 4. The van der Waals surface area contributed by atoms with Crippen LogP contribution in [0.3, 0.4) is 0 Å². The smallest absolute Gasteiger partial charge is 0.330 e. The van der Waals surface area contributed by atoms with Crippen LogP contribution in [0.4, 0.5) is 0 Å². The zero-order valence-corrected chi connectivity index (χ0v) is 29.9. The molecule has 0 aromatic carbocycles. The molecule has 2 aliphatic heterocycles. The Hall–Kier alpha value is -2.05. The van der Waals surface area contributed by atoms with E-state index in [4.69, 9.17) is 34.9 Å². The van der Waals surface area contributed by atoms with Gasteiger partial charge in [-0.3, -0.25) is 28.7 Å². The van der Waals surface area contributed by atoms with Gasteiger partial charge in [0, 0.05) is 36.4 Å². The van der Waals surface area contributed by atoms with Crippen LogP contribution < -0.4 is 22.5 Å². The van der Waals surface area contributed by atoms with Crippen molar-refractivity contribution in [3.05, 3.63) is 65.2 Å². The van der Waals surface area contributed by atoms with Crippen molar-refractivity contribution in [1.82, 2.24) is 19.1 Å². The SMILES string of the molecule is Cc1cn([C@H]2C[C@H](OP(=S)(OCC[Si](C)(C)C(C)(C)C)OC[C@H]3O[C@@H](n4cc(C)c(=O)[nH]c4=O)C[C@@H]3O)[C@@H](CO)O2)c(=O)[nH]c1=O. The highest BCUT2D eigenvalue weighted by atomic mass is 32.5. The van der Waals surface area contributed by atoms with Gasteiger partial charge < -0.3 is 33.3 Å². The Morgan fingerprint density at radius 3 is 2.00 bits per heavy atom. The van der Waals surface area contributed by atoms with Gasteiger partial charge in [0.1, 0.15) is 24.7 Å². The Morgan fingerprint density at radius 2 is 1.48 bits per heavy atom. The number of nitrogens with one attached hydrogen (secondary N) is 2. The fourth-order valence-corrected chi connectivity index (χ4v) is 8.66. The molecule has 4 N–H and O–H groups in total. The second-order valence-corrected chi connectivity index (χ2v) is 22.3. The van der Waals surface area contributed by atoms with Crippen molar-refractivity contribution in [2.45, 2.75) is 109 Å². The van der Waals surface area contributed by atoms with E-state index in [9.17, 15) is 29.4 Å². The molecule has 2 fully saturated rings. The van der Waals surface area contributed by atoms with Crippen molar-refractivity contribution in [3.8, 4) is 0 Å². The average Bonchev–Trinajstić information content (AvgIpc) is 3.53. The number of ether oxygens (including phenoxy) is 2. The van der Waals surface area contributed by atoms with Gasteiger partial charge in [-0.05, 0) is 36.7 Å². The molecule has 0 radical (unpaired) electrons. The average molecular weight is 705 g/mol. The van der Waals surface area contributed by atoms with Gasteiger partial charge in [0.05, 0.1) is 40.1 Å². The number of aryl methyl sites for hydroxylation is 2. The molecule has 0 bridgehead atoms. The van der Waals surface area contributed by atoms with E-state index in [2.05, 4.69) is 43.8 Å². The van der Waals surface area contributed by atoms with E-state index in [0.29, 0.717) is 11.1 Å². The molecule has 4 rings (SSSR count). The van der Waals surface area contributed by atoms with Crippen molar-refractivity contribution in [1.29, 1.82) is 0 Å². The Bertz CT molecular complexity index is 1680. The largest absolute Gasteiger partial charge is 0.394 e. The zero-order valence-electron chi connectivity index (χ0n) is 27.2. The van der Waals surface area contributed by atoms with Crippen LogP contribution in [0, 0.1) is 13.8 Å². The lowest BCUT2D eigenvalue weighted by molar-refractivity contribution is -0.0547. The monoisotopic (exact) mass is 704 g/mol. The minimum atomic E-state index is -3.59. The molecule has 18 heteroatoms. The van der Waals surface area contributed by atoms with Crippen LogP contribution >= 0.6 is 6.72 Å². The summed E-state index contributed by atoms with van der Waals surface area (Å²) in [7, 11) is -1.78. The number of aromatic nitrogens is 4. The number of H-pyrrole nitrogens is 2. The first-order chi connectivity index (χ1) is 21.3. The van der Waals surface area contributed by atoms with Gasteiger partial charge in [-0.1, -0.05) is 33.9 Å². The van der Waals surface area contributed by atoms with Crippen LogP contribution in [0.5, 0.6) is 0 Å². The first-order valence-electron chi connectivity index (χ1n) is 15.2. The van der Waals surface area contributed by atoms with Gasteiger partial charge in [0.25, 0.3) is 11.1 Å². The number of hydrogen-bond acceptors (Lipinski definition) is 12. The summed E-state index contributed by atoms with van der Waals surface area (Å²) >= 11 is 5.86. The van der Waals surface area contributed by atoms with Gasteiger partial charge in [0.15, 0.2) is 0 Å². The molecule has 2 aromatic rings. The number of aromatic amines is 2. The molecule has 4 heterocycles. The standard InChI is InChI=1S/C28H45N4O11PSSi/c1-16-12-31(26(37)29-24(16)35)22-10-18(34)21(42-22)15-40-44(45,39-8-9-46(6,7)28(3,4)5)43-19-11-23(41-20(19)14-33)32-13-17(2)25(36)30-27(32)38/h12-13,18-23,33-34H,8-11,14-15H2,1-7H3,(H,29,35,37)(H,30,36,38)/t18-,19-,20+,21+,22+,23+,44?/m0/s1. The summed E-state index contributed by atoms with van der Waals surface area (Å²) in [4.78, 5) is 53.1. The fourth-order valence-electron chi connectivity index (χ4n) is 5.00. The van der Waals surface area contributed by atoms with Crippen molar-refractivity contribution in [2.24, 2.45) is 0 Å². The van der Waals surface area contributed by atoms with Gasteiger partial charge >= 0.3 is 18.1 Å². The minimum absolute atomic E-state index is 0.0629. The molecule has 0 spiro atoms. The molecule has 0 saturated carbocycles. The lowest BCUT2D eigenvalue weighted by Gasteiger charge is -2.37. The van der Waals surface area contributed by atoms with Gasteiger partial charge in [-0.2, -0.15) is 0 Å². The normalized spacial score (nSPS) is 26.8. The number of nitrogens with zero attached hydrogens (tertiary/aromatic N) is 2. The maximum atomic E-state index is 12.5. The minimum Gasteiger partial charge on any atom is -0.394 e. The molecular weight excluding hydrogens is 659 g/mol. The lowest BCUT2D eigenvalue weighted by atomic mass is 10.2. The first-order valence-corrected chi connectivity index (χ1v) is 20.9. The van der Waals surface area contributed by atoms with Crippen LogP contribution in [0.15, 0.2) is 31.6 Å². The predicted molar refractivity (Wildman–Crippen MR) is 175 cm³/mol. The van der Waals surface area contributed by atoms with Crippen LogP contribution in [-0.4, -0.2) is 81.6 Å². The highest BCUT2D eigenvalue weighted by Crippen LogP contribution is 2.54. The van der Waals surface area contributed by atoms with Crippen molar-refractivity contribution in [3.63, 3.8) is 0 Å². The summed E-state index contributed by atoms with van der Waals surface area (Å²) in [5, 5.41) is 21.0. The molecule has 258 valence electrons. The van der Waals surface area contributed by atoms with Gasteiger partial charge in [-0.25, -0.2) is 9.59 Å². The Balaban J connectivity index is 1.52. The van der Waals surface area contributed by atoms with E-state index in [1.165, 1.54) is 21.5 Å². The Kier molecular flexibility index (Phi) is 11.4. The molecule has 2 saturated heterocycles. The number of aliphatic hydroxyl groups excluding tert-OH is 2. The molecule has 2 aliphatic rings. The molecular formula is C28H45N4O11PSSi. The van der Waals surface area contributed by atoms with Crippen LogP contribution in [0.1, 0.15) is 57.2 Å². The first kappa shape index (κ1) is 36.8. The maximum Gasteiger partial charge on any atom is 0.330 e. The maximum absolute atomic E-state index is 12.5. The van der Waals surface area contributed by atoms with Gasteiger partial charge in [0.2, 0.25) is 0 Å². The molecule has 7 atom stereocenters. The molecule has 0 aliphatic carbocycles. The summed E-state index contributed by atoms with van der Waals surface area (Å²) < 4.78 is 32.9.